The minimum absolute atomic E-state index is 0.0961. The van der Waals surface area contributed by atoms with E-state index in [2.05, 4.69) is 15.9 Å². The van der Waals surface area contributed by atoms with Crippen molar-refractivity contribution in [3.8, 4) is 0 Å². The second-order valence-electron chi connectivity index (χ2n) is 3.05. The van der Waals surface area contributed by atoms with Gasteiger partial charge in [0.2, 0.25) is 5.91 Å². The van der Waals surface area contributed by atoms with Gasteiger partial charge in [-0.2, -0.15) is 0 Å². The van der Waals surface area contributed by atoms with E-state index >= 15 is 0 Å². The van der Waals surface area contributed by atoms with Gasteiger partial charge in [0, 0.05) is 16.7 Å². The lowest BCUT2D eigenvalue weighted by molar-refractivity contribution is -0.117. The number of carbonyl (C=O) groups is 1. The van der Waals surface area contributed by atoms with Gasteiger partial charge in [0.1, 0.15) is 6.04 Å². The van der Waals surface area contributed by atoms with E-state index < -0.39 is 0 Å². The van der Waals surface area contributed by atoms with Gasteiger partial charge < -0.3 is 10.6 Å². The number of benzene rings is 1. The maximum atomic E-state index is 10.8. The molecule has 0 aromatic heterocycles. The summed E-state index contributed by atoms with van der Waals surface area (Å²) in [5, 5.41) is 0. The van der Waals surface area contributed by atoms with Gasteiger partial charge in [-0.1, -0.05) is 15.9 Å². The predicted octanol–water partition coefficient (Wildman–Crippen LogP) is 1.12. The number of hydrogen-bond acceptors (Lipinski definition) is 2. The molecule has 1 atom stereocenters. The highest BCUT2D eigenvalue weighted by Gasteiger charge is 2.38. The Bertz CT molecular complexity index is 336. The van der Waals surface area contributed by atoms with E-state index in [0.29, 0.717) is 0 Å². The van der Waals surface area contributed by atoms with Crippen molar-refractivity contribution in [2.75, 3.05) is 11.4 Å². The number of amides is 1. The van der Waals surface area contributed by atoms with E-state index in [4.69, 9.17) is 5.73 Å². The third-order valence-electron chi connectivity index (χ3n) is 2.10. The summed E-state index contributed by atoms with van der Waals surface area (Å²) in [7, 11) is 0. The lowest BCUT2D eigenvalue weighted by Crippen LogP contribution is -2.21. The molecule has 1 amide bonds. The fourth-order valence-electron chi connectivity index (χ4n) is 1.30. The van der Waals surface area contributed by atoms with Crippen LogP contribution < -0.4 is 10.6 Å². The van der Waals surface area contributed by atoms with Crippen LogP contribution in [0.15, 0.2) is 28.7 Å². The van der Waals surface area contributed by atoms with Crippen molar-refractivity contribution in [2.24, 2.45) is 5.73 Å². The molecule has 2 N–H and O–H groups in total. The molecule has 0 radical (unpaired) electrons. The molecule has 4 heteroatoms. The first-order valence-electron chi connectivity index (χ1n) is 4.00. The number of hydrogen-bond donors (Lipinski definition) is 1. The van der Waals surface area contributed by atoms with Crippen LogP contribution in [0.4, 0.5) is 5.69 Å². The molecule has 0 aliphatic carbocycles. The Morgan fingerprint density at radius 3 is 2.54 bits per heavy atom. The minimum Gasteiger partial charge on any atom is -0.368 e. The molecule has 0 bridgehead atoms. The monoisotopic (exact) mass is 240 g/mol. The number of nitrogens with two attached hydrogens (primary N) is 1. The van der Waals surface area contributed by atoms with Gasteiger partial charge in [0.15, 0.2) is 0 Å². The maximum Gasteiger partial charge on any atom is 0.241 e. The summed E-state index contributed by atoms with van der Waals surface area (Å²) in [6.45, 7) is 0.747. The second-order valence-corrected chi connectivity index (χ2v) is 3.96. The molecule has 1 heterocycles. The molecular weight excluding hydrogens is 232 g/mol. The third-order valence-corrected chi connectivity index (χ3v) is 2.63. The SMILES string of the molecule is NC(=O)[C@@H]1CN1c1ccc(Br)cc1. The predicted molar refractivity (Wildman–Crippen MR) is 54.5 cm³/mol. The average Bonchev–Trinajstić information content (AvgIpc) is 2.85. The van der Waals surface area contributed by atoms with Gasteiger partial charge in [-0.15, -0.1) is 0 Å². The topological polar surface area (TPSA) is 46.1 Å². The zero-order valence-electron chi connectivity index (χ0n) is 6.90. The summed E-state index contributed by atoms with van der Waals surface area (Å²) in [6, 6.07) is 7.73. The van der Waals surface area contributed by atoms with Crippen LogP contribution in [0.2, 0.25) is 0 Å². The van der Waals surface area contributed by atoms with Crippen LogP contribution in [-0.4, -0.2) is 18.5 Å². The molecule has 0 saturated carbocycles. The van der Waals surface area contributed by atoms with Crippen molar-refractivity contribution < 1.29 is 4.79 Å². The van der Waals surface area contributed by atoms with E-state index in [9.17, 15) is 4.79 Å². The number of anilines is 1. The largest absolute Gasteiger partial charge is 0.368 e. The Morgan fingerprint density at radius 1 is 1.46 bits per heavy atom. The van der Waals surface area contributed by atoms with E-state index in [0.717, 1.165) is 16.7 Å². The summed E-state index contributed by atoms with van der Waals surface area (Å²) >= 11 is 3.35. The Hall–Kier alpha value is -1.03. The molecular formula is C9H9BrN2O. The molecule has 1 fully saturated rings. The van der Waals surface area contributed by atoms with Crippen LogP contribution in [0.25, 0.3) is 0 Å². The summed E-state index contributed by atoms with van der Waals surface area (Å²) < 4.78 is 1.04. The maximum absolute atomic E-state index is 10.8. The highest BCUT2D eigenvalue weighted by molar-refractivity contribution is 9.10. The quantitative estimate of drug-likeness (QED) is 0.788. The van der Waals surface area contributed by atoms with Gasteiger partial charge in [-0.3, -0.25) is 4.79 Å². The average molecular weight is 241 g/mol. The Kier molecular flexibility index (Phi) is 2.00. The normalized spacial score (nSPS) is 20.1. The number of primary amides is 1. The lowest BCUT2D eigenvalue weighted by Gasteiger charge is -2.03. The first-order valence-corrected chi connectivity index (χ1v) is 4.79. The van der Waals surface area contributed by atoms with E-state index in [1.54, 1.807) is 0 Å². The molecule has 13 heavy (non-hydrogen) atoms. The minimum atomic E-state index is -0.247. The smallest absolute Gasteiger partial charge is 0.241 e. The van der Waals surface area contributed by atoms with Crippen molar-refractivity contribution in [3.63, 3.8) is 0 Å². The van der Waals surface area contributed by atoms with Crippen LogP contribution in [0.1, 0.15) is 0 Å². The standard InChI is InChI=1S/C9H9BrN2O/c10-6-1-3-7(4-2-6)12-5-8(12)9(11)13/h1-4,8H,5H2,(H2,11,13)/t8-,12?/m0/s1. The van der Waals surface area contributed by atoms with Crippen molar-refractivity contribution in [3.05, 3.63) is 28.7 Å². The van der Waals surface area contributed by atoms with E-state index in [-0.39, 0.29) is 11.9 Å². The van der Waals surface area contributed by atoms with Crippen molar-refractivity contribution in [2.45, 2.75) is 6.04 Å². The lowest BCUT2D eigenvalue weighted by atomic mass is 10.3. The number of nitrogens with zero attached hydrogens (tertiary/aromatic N) is 1. The van der Waals surface area contributed by atoms with Crippen LogP contribution in [-0.2, 0) is 4.79 Å². The number of carbonyl (C=O) groups excluding carboxylic acids is 1. The van der Waals surface area contributed by atoms with Crippen molar-refractivity contribution in [1.82, 2.24) is 0 Å². The molecule has 3 nitrogen and oxygen atoms in total. The van der Waals surface area contributed by atoms with Crippen molar-refractivity contribution in [1.29, 1.82) is 0 Å². The fourth-order valence-corrected chi connectivity index (χ4v) is 1.56. The Morgan fingerprint density at radius 2 is 2.08 bits per heavy atom. The molecule has 1 aliphatic heterocycles. The zero-order valence-corrected chi connectivity index (χ0v) is 8.49. The van der Waals surface area contributed by atoms with Crippen molar-refractivity contribution >= 4 is 27.5 Å². The summed E-state index contributed by atoms with van der Waals surface area (Å²) in [4.78, 5) is 12.8. The molecule has 0 unspecified atom stereocenters. The zero-order chi connectivity index (χ0) is 9.42. The molecule has 1 aromatic rings. The highest BCUT2D eigenvalue weighted by Crippen LogP contribution is 2.28. The van der Waals surface area contributed by atoms with Gasteiger partial charge in [0.05, 0.1) is 0 Å². The van der Waals surface area contributed by atoms with Gasteiger partial charge >= 0.3 is 0 Å². The Labute approximate surface area is 84.6 Å². The van der Waals surface area contributed by atoms with Crippen LogP contribution in [0, 0.1) is 0 Å². The van der Waals surface area contributed by atoms with Gasteiger partial charge in [0.25, 0.3) is 0 Å². The molecule has 1 saturated heterocycles. The van der Waals surface area contributed by atoms with Gasteiger partial charge in [-0.05, 0) is 24.3 Å². The summed E-state index contributed by atoms with van der Waals surface area (Å²) in [5.41, 5.74) is 6.21. The number of halogens is 1. The molecule has 2 rings (SSSR count). The molecule has 1 aliphatic rings. The number of rotatable bonds is 2. The fraction of sp³-hybridized carbons (Fsp3) is 0.222. The van der Waals surface area contributed by atoms with E-state index in [1.165, 1.54) is 0 Å². The third kappa shape index (κ3) is 1.67. The summed E-state index contributed by atoms with van der Waals surface area (Å²) in [5.74, 6) is -0.247. The first kappa shape index (κ1) is 8.56. The first-order chi connectivity index (χ1) is 6.18. The van der Waals surface area contributed by atoms with Gasteiger partial charge in [-0.25, -0.2) is 0 Å². The molecule has 68 valence electrons. The second kappa shape index (κ2) is 3.03. The summed E-state index contributed by atoms with van der Waals surface area (Å²) in [6.07, 6.45) is 0. The van der Waals surface area contributed by atoms with Crippen LogP contribution >= 0.6 is 15.9 Å². The van der Waals surface area contributed by atoms with Crippen LogP contribution in [0.5, 0.6) is 0 Å². The van der Waals surface area contributed by atoms with Crippen LogP contribution in [0.3, 0.4) is 0 Å². The molecule has 0 spiro atoms. The molecule has 1 aromatic carbocycles. The van der Waals surface area contributed by atoms with E-state index in [1.807, 2.05) is 29.2 Å². The highest BCUT2D eigenvalue weighted by atomic mass is 79.9. The Balaban J connectivity index is 2.12.